The Kier molecular flexibility index (Phi) is 5.30. The van der Waals surface area contributed by atoms with Crippen LogP contribution in [-0.4, -0.2) is 42.3 Å². The minimum atomic E-state index is -1.14. The molecule has 28 heavy (non-hydrogen) atoms. The Bertz CT molecular complexity index is 1110. The maximum atomic E-state index is 15.5. The van der Waals surface area contributed by atoms with Gasteiger partial charge in [-0.1, -0.05) is 17.7 Å². The van der Waals surface area contributed by atoms with Gasteiger partial charge in [-0.3, -0.25) is 9.36 Å². The van der Waals surface area contributed by atoms with Gasteiger partial charge in [0, 0.05) is 30.5 Å². The molecular weight excluding hydrogens is 396 g/mol. The Morgan fingerprint density at radius 3 is 2.64 bits per heavy atom. The molecule has 0 saturated carbocycles. The third kappa shape index (κ3) is 2.98. The van der Waals surface area contributed by atoms with Crippen molar-refractivity contribution in [2.45, 2.75) is 0 Å². The van der Waals surface area contributed by atoms with Crippen LogP contribution in [0.15, 0.2) is 24.5 Å². The monoisotopic (exact) mass is 409 g/mol. The van der Waals surface area contributed by atoms with Gasteiger partial charge in [0.2, 0.25) is 0 Å². The number of methoxy groups -OCH3 is 2. The number of rotatable bonds is 4. The molecule has 3 aromatic rings. The van der Waals surface area contributed by atoms with E-state index in [-0.39, 0.29) is 33.8 Å². The van der Waals surface area contributed by atoms with Gasteiger partial charge in [-0.05, 0) is 6.07 Å². The molecule has 0 spiro atoms. The summed E-state index contributed by atoms with van der Waals surface area (Å²) in [5, 5.41) is -0.269. The summed E-state index contributed by atoms with van der Waals surface area (Å²) in [6, 6.07) is 2.68. The number of nitrogen functional groups attached to an aromatic ring is 1. The van der Waals surface area contributed by atoms with Crippen LogP contribution in [0.25, 0.3) is 22.0 Å². The number of hydrogen-bond acceptors (Lipinski definition) is 6. The van der Waals surface area contributed by atoms with Crippen molar-refractivity contribution in [3.63, 3.8) is 0 Å². The zero-order valence-corrected chi connectivity index (χ0v) is 15.5. The van der Waals surface area contributed by atoms with Gasteiger partial charge >= 0.3 is 5.97 Å². The predicted octanol–water partition coefficient (Wildman–Crippen LogP) is 3.29. The molecular formula is C18H14ClF2N3O4. The van der Waals surface area contributed by atoms with E-state index in [2.05, 4.69) is 9.72 Å². The number of esters is 1. The first-order valence-corrected chi connectivity index (χ1v) is 8.24. The minimum absolute atomic E-state index is 0.110. The Labute approximate surface area is 162 Å². The van der Waals surface area contributed by atoms with Crippen LogP contribution in [0.2, 0.25) is 5.02 Å². The zero-order chi connectivity index (χ0) is 20.6. The van der Waals surface area contributed by atoms with Gasteiger partial charge in [0.05, 0.1) is 28.9 Å². The summed E-state index contributed by atoms with van der Waals surface area (Å²) in [6.45, 7) is -0.369. The molecule has 0 fully saturated rings. The first-order chi connectivity index (χ1) is 13.3. The van der Waals surface area contributed by atoms with Crippen LogP contribution in [0.3, 0.4) is 0 Å². The predicted molar refractivity (Wildman–Crippen MR) is 98.3 cm³/mol. The second-order valence-electron chi connectivity index (χ2n) is 5.71. The van der Waals surface area contributed by atoms with Gasteiger partial charge in [0.15, 0.2) is 17.3 Å². The molecule has 7 nitrogen and oxygen atoms in total. The van der Waals surface area contributed by atoms with Crippen molar-refractivity contribution < 1.29 is 27.8 Å². The van der Waals surface area contributed by atoms with Crippen LogP contribution in [0.1, 0.15) is 15.3 Å². The fraction of sp³-hybridized carbons (Fsp3) is 0.167. The third-order valence-corrected chi connectivity index (χ3v) is 4.39. The van der Waals surface area contributed by atoms with Crippen molar-refractivity contribution >= 4 is 40.1 Å². The highest BCUT2D eigenvalue weighted by Crippen LogP contribution is 2.41. The van der Waals surface area contributed by atoms with Gasteiger partial charge in [-0.2, -0.15) is 0 Å². The number of nitrogens with zero attached hydrogens (tertiary/aromatic N) is 2. The second-order valence-corrected chi connectivity index (χ2v) is 6.11. The minimum Gasteiger partial charge on any atom is -0.464 e. The quantitative estimate of drug-likeness (QED) is 0.524. The van der Waals surface area contributed by atoms with Crippen molar-refractivity contribution in [3.8, 4) is 11.1 Å². The standard InChI is InChI=1S/C18H14ClF2N3O4/c1-27-7-10(25)24-6-9(19)12-15(22)13(20)11(14(21)17(12)24)8-4-3-5-23-16(8)18(26)28-2/h3-6H,7,22H2,1-2H3. The lowest BCUT2D eigenvalue weighted by atomic mass is 9.99. The van der Waals surface area contributed by atoms with E-state index in [0.29, 0.717) is 0 Å². The van der Waals surface area contributed by atoms with E-state index < -0.39 is 34.8 Å². The SMILES string of the molecule is COCC(=O)n1cc(Cl)c2c(N)c(F)c(-c3cccnc3C(=O)OC)c(F)c21. The summed E-state index contributed by atoms with van der Waals surface area (Å²) in [5.74, 6) is -3.80. The fourth-order valence-electron chi connectivity index (χ4n) is 2.90. The number of carbonyl (C=O) groups is 2. The molecule has 0 aliphatic carbocycles. The number of anilines is 1. The maximum Gasteiger partial charge on any atom is 0.357 e. The molecule has 2 aromatic heterocycles. The summed E-state index contributed by atoms with van der Waals surface area (Å²) in [4.78, 5) is 28.1. The second kappa shape index (κ2) is 7.53. The Balaban J connectivity index is 2.43. The van der Waals surface area contributed by atoms with Crippen LogP contribution in [0.4, 0.5) is 14.5 Å². The molecule has 0 aliphatic heterocycles. The number of carbonyl (C=O) groups excluding carboxylic acids is 2. The van der Waals surface area contributed by atoms with Crippen LogP contribution in [-0.2, 0) is 9.47 Å². The van der Waals surface area contributed by atoms with E-state index >= 15 is 8.78 Å². The number of aromatic nitrogens is 2. The molecule has 0 radical (unpaired) electrons. The number of benzene rings is 1. The fourth-order valence-corrected chi connectivity index (χ4v) is 3.19. The lowest BCUT2D eigenvalue weighted by Crippen LogP contribution is -2.16. The third-order valence-electron chi connectivity index (χ3n) is 4.10. The van der Waals surface area contributed by atoms with Gasteiger partial charge in [0.1, 0.15) is 6.61 Å². The first kappa shape index (κ1) is 19.7. The molecule has 10 heteroatoms. The molecule has 0 atom stereocenters. The van der Waals surface area contributed by atoms with E-state index in [1.165, 1.54) is 25.4 Å². The van der Waals surface area contributed by atoms with Crippen molar-refractivity contribution in [2.75, 3.05) is 26.6 Å². The number of pyridine rings is 1. The number of halogens is 3. The normalized spacial score (nSPS) is 11.0. The Morgan fingerprint density at radius 1 is 1.29 bits per heavy atom. The number of fused-ring (bicyclic) bond motifs is 1. The smallest absolute Gasteiger partial charge is 0.357 e. The van der Waals surface area contributed by atoms with Crippen molar-refractivity contribution in [3.05, 3.63) is 46.9 Å². The molecule has 1 aromatic carbocycles. The van der Waals surface area contributed by atoms with Crippen LogP contribution in [0, 0.1) is 11.6 Å². The van der Waals surface area contributed by atoms with E-state index in [1.807, 2.05) is 0 Å². The lowest BCUT2D eigenvalue weighted by molar-refractivity contribution is 0.0594. The molecule has 0 unspecified atom stereocenters. The zero-order valence-electron chi connectivity index (χ0n) is 14.8. The van der Waals surface area contributed by atoms with E-state index in [4.69, 9.17) is 22.1 Å². The highest BCUT2D eigenvalue weighted by molar-refractivity contribution is 6.37. The molecule has 0 bridgehead atoms. The summed E-state index contributed by atoms with van der Waals surface area (Å²) < 4.78 is 40.8. The van der Waals surface area contributed by atoms with E-state index in [0.717, 1.165) is 17.9 Å². The summed E-state index contributed by atoms with van der Waals surface area (Å²) >= 11 is 6.06. The Hall–Kier alpha value is -3.04. The highest BCUT2D eigenvalue weighted by Gasteiger charge is 2.29. The summed E-state index contributed by atoms with van der Waals surface area (Å²) in [6.07, 6.45) is 2.40. The van der Waals surface area contributed by atoms with Crippen LogP contribution < -0.4 is 5.73 Å². The molecule has 3 rings (SSSR count). The molecule has 0 saturated heterocycles. The summed E-state index contributed by atoms with van der Waals surface area (Å²) in [5.41, 5.74) is 3.93. The summed E-state index contributed by atoms with van der Waals surface area (Å²) in [7, 11) is 2.40. The lowest BCUT2D eigenvalue weighted by Gasteiger charge is -2.13. The van der Waals surface area contributed by atoms with Gasteiger partial charge in [0.25, 0.3) is 5.91 Å². The average molecular weight is 410 g/mol. The first-order valence-electron chi connectivity index (χ1n) is 7.86. The van der Waals surface area contributed by atoms with Crippen LogP contribution in [0.5, 0.6) is 0 Å². The van der Waals surface area contributed by atoms with Gasteiger partial charge in [-0.25, -0.2) is 18.6 Å². The van der Waals surface area contributed by atoms with E-state index in [1.54, 1.807) is 0 Å². The van der Waals surface area contributed by atoms with Crippen molar-refractivity contribution in [1.29, 1.82) is 0 Å². The number of nitrogens with two attached hydrogens (primary N) is 1. The average Bonchev–Trinajstić information content (AvgIpc) is 3.04. The molecule has 2 N–H and O–H groups in total. The molecule has 0 aliphatic rings. The van der Waals surface area contributed by atoms with Crippen molar-refractivity contribution in [2.24, 2.45) is 0 Å². The maximum absolute atomic E-state index is 15.5. The number of ether oxygens (including phenoxy) is 2. The van der Waals surface area contributed by atoms with Crippen molar-refractivity contribution in [1.82, 2.24) is 9.55 Å². The van der Waals surface area contributed by atoms with Gasteiger partial charge < -0.3 is 15.2 Å². The van der Waals surface area contributed by atoms with E-state index in [9.17, 15) is 9.59 Å². The molecule has 0 amide bonds. The molecule has 146 valence electrons. The number of hydrogen-bond donors (Lipinski definition) is 1. The topological polar surface area (TPSA) is 96.4 Å². The Morgan fingerprint density at radius 2 is 2.00 bits per heavy atom. The van der Waals surface area contributed by atoms with Gasteiger partial charge in [-0.15, -0.1) is 0 Å². The highest BCUT2D eigenvalue weighted by atomic mass is 35.5. The largest absolute Gasteiger partial charge is 0.464 e. The van der Waals surface area contributed by atoms with Crippen LogP contribution >= 0.6 is 11.6 Å². The molecule has 2 heterocycles.